The van der Waals surface area contributed by atoms with E-state index in [2.05, 4.69) is 29.7 Å². The molecule has 5 aromatic rings. The molecule has 3 N–H and O–H groups in total. The Bertz CT molecular complexity index is 2340. The Kier molecular flexibility index (Phi) is 9.92. The number of aromatic nitrogens is 5. The first-order valence-electron chi connectivity index (χ1n) is 17.9. The Hall–Kier alpha value is -5.34. The molecule has 1 aliphatic heterocycles. The van der Waals surface area contributed by atoms with Gasteiger partial charge in [-0.25, -0.2) is 23.1 Å². The summed E-state index contributed by atoms with van der Waals surface area (Å²) in [5.41, 5.74) is 6.37. The molecule has 1 saturated carbocycles. The lowest BCUT2D eigenvalue weighted by Gasteiger charge is -2.24. The molecule has 14 heteroatoms. The van der Waals surface area contributed by atoms with Crippen molar-refractivity contribution in [2.75, 3.05) is 13.7 Å². The molecule has 0 saturated heterocycles. The highest BCUT2D eigenvalue weighted by Crippen LogP contribution is 2.48. The van der Waals surface area contributed by atoms with Crippen LogP contribution in [0.3, 0.4) is 0 Å². The number of sulfonamides is 1. The van der Waals surface area contributed by atoms with Crippen LogP contribution >= 0.6 is 0 Å². The van der Waals surface area contributed by atoms with Crippen molar-refractivity contribution >= 4 is 44.4 Å². The molecule has 4 heterocycles. The zero-order valence-corrected chi connectivity index (χ0v) is 31.0. The van der Waals surface area contributed by atoms with Crippen molar-refractivity contribution in [3.63, 3.8) is 0 Å². The topological polar surface area (TPSA) is 170 Å². The van der Waals surface area contributed by atoms with Crippen molar-refractivity contribution in [1.82, 2.24) is 34.4 Å². The largest absolute Gasteiger partial charge is 0.497 e. The van der Waals surface area contributed by atoms with E-state index in [1.807, 2.05) is 30.3 Å². The van der Waals surface area contributed by atoms with Crippen LogP contribution in [0.5, 0.6) is 5.75 Å². The van der Waals surface area contributed by atoms with Crippen LogP contribution < -0.4 is 14.8 Å². The van der Waals surface area contributed by atoms with Gasteiger partial charge in [-0.3, -0.25) is 9.59 Å². The molecular weight excluding hydrogens is 695 g/mol. The van der Waals surface area contributed by atoms with Crippen LogP contribution in [0, 0.1) is 0 Å². The van der Waals surface area contributed by atoms with Gasteiger partial charge in [0.25, 0.3) is 17.8 Å². The Morgan fingerprint density at radius 1 is 1.00 bits per heavy atom. The van der Waals surface area contributed by atoms with Gasteiger partial charge in [-0.2, -0.15) is 9.78 Å². The first-order chi connectivity index (χ1) is 25.5. The standard InChI is InChI=1S/C39H43N7O6S/c1-23(2)53(50,51)44-37(48)26-11-13-31-33(19-26)45-22-28(35-32(38(49)42-20-24(3)47)21-43-46(35)39-40-15-8-16-41-39)17-27-18-29(52-4)12-14-30(27)36(45)34(31)25-9-6-5-7-10-25/h8,11-19,21,23-25,47H,5-7,9-10,20,22H2,1-4H3,(H,42,49)(H,44,48)/t24-/m1/s1. The lowest BCUT2D eigenvalue weighted by Crippen LogP contribution is -2.35. The van der Waals surface area contributed by atoms with E-state index in [0.717, 1.165) is 53.4 Å². The van der Waals surface area contributed by atoms with Gasteiger partial charge >= 0.3 is 0 Å². The molecule has 2 aliphatic rings. The summed E-state index contributed by atoms with van der Waals surface area (Å²) in [6, 6.07) is 13.0. The normalized spacial score (nSPS) is 15.3. The van der Waals surface area contributed by atoms with Crippen LogP contribution in [0.25, 0.3) is 39.8 Å². The van der Waals surface area contributed by atoms with Crippen LogP contribution in [0.2, 0.25) is 0 Å². The fourth-order valence-electron chi connectivity index (χ4n) is 7.34. The summed E-state index contributed by atoms with van der Waals surface area (Å²) in [6.45, 7) is 4.92. The number of nitrogens with one attached hydrogen (secondary N) is 2. The van der Waals surface area contributed by atoms with Crippen LogP contribution in [0.1, 0.15) is 96.3 Å². The second kappa shape index (κ2) is 14.6. The fourth-order valence-corrected chi connectivity index (χ4v) is 7.96. The van der Waals surface area contributed by atoms with Gasteiger partial charge in [0, 0.05) is 41.0 Å². The van der Waals surface area contributed by atoms with Crippen molar-refractivity contribution in [3.05, 3.63) is 89.0 Å². The Morgan fingerprint density at radius 2 is 1.75 bits per heavy atom. The number of rotatable bonds is 10. The lowest BCUT2D eigenvalue weighted by atomic mass is 9.81. The number of carbonyl (C=O) groups excluding carboxylic acids is 2. The summed E-state index contributed by atoms with van der Waals surface area (Å²) in [5, 5.41) is 17.6. The van der Waals surface area contributed by atoms with Gasteiger partial charge in [0.2, 0.25) is 10.0 Å². The van der Waals surface area contributed by atoms with E-state index in [4.69, 9.17) is 4.74 Å². The van der Waals surface area contributed by atoms with Crippen LogP contribution in [0.4, 0.5) is 0 Å². The number of hydrogen-bond acceptors (Lipinski definition) is 9. The number of nitrogens with zero attached hydrogens (tertiary/aromatic N) is 5. The third-order valence-electron chi connectivity index (χ3n) is 10.0. The van der Waals surface area contributed by atoms with Crippen LogP contribution in [-0.2, 0) is 16.6 Å². The first kappa shape index (κ1) is 36.0. The Balaban J connectivity index is 1.50. The summed E-state index contributed by atoms with van der Waals surface area (Å²) in [7, 11) is -2.26. The van der Waals surface area contributed by atoms with Crippen molar-refractivity contribution in [3.8, 4) is 23.0 Å². The first-order valence-corrected chi connectivity index (χ1v) is 19.4. The van der Waals surface area contributed by atoms with Crippen molar-refractivity contribution in [2.24, 2.45) is 0 Å². The predicted molar refractivity (Wildman–Crippen MR) is 202 cm³/mol. The quantitative estimate of drug-likeness (QED) is 0.168. The van der Waals surface area contributed by atoms with E-state index < -0.39 is 33.2 Å². The number of fused-ring (bicyclic) bond motifs is 5. The van der Waals surface area contributed by atoms with E-state index in [9.17, 15) is 23.1 Å². The van der Waals surface area contributed by atoms with Crippen molar-refractivity contribution < 1.29 is 27.9 Å². The van der Waals surface area contributed by atoms with Crippen LogP contribution in [0.15, 0.2) is 61.1 Å². The van der Waals surface area contributed by atoms with Crippen molar-refractivity contribution in [1.29, 1.82) is 0 Å². The molecule has 13 nitrogen and oxygen atoms in total. The maximum atomic E-state index is 13.8. The maximum Gasteiger partial charge on any atom is 0.264 e. The summed E-state index contributed by atoms with van der Waals surface area (Å²) in [6.07, 6.45) is 11.3. The SMILES string of the molecule is COc1ccc2c(c1)C=C(c1c(C(=O)NC[C@@H](C)O)cnn1-c1ncccn1)Cn1c-2c(C2CCCCC2)c2ccc(C(=O)NS(=O)(=O)C(C)C)cc21. The summed E-state index contributed by atoms with van der Waals surface area (Å²) >= 11 is 0. The Labute approximate surface area is 308 Å². The van der Waals surface area contributed by atoms with E-state index in [0.29, 0.717) is 17.0 Å². The zero-order valence-electron chi connectivity index (χ0n) is 30.2. The summed E-state index contributed by atoms with van der Waals surface area (Å²) in [5.74, 6) is 0.0401. The molecule has 7 rings (SSSR count). The monoisotopic (exact) mass is 737 g/mol. The van der Waals surface area contributed by atoms with Gasteiger partial charge < -0.3 is 19.7 Å². The zero-order chi connectivity index (χ0) is 37.4. The molecule has 0 spiro atoms. The molecule has 0 radical (unpaired) electrons. The minimum Gasteiger partial charge on any atom is -0.497 e. The highest BCUT2D eigenvalue weighted by Gasteiger charge is 2.32. The second-order valence-electron chi connectivity index (χ2n) is 14.0. The van der Waals surface area contributed by atoms with Gasteiger partial charge in [0.1, 0.15) is 5.75 Å². The van der Waals surface area contributed by atoms with Gasteiger partial charge in [0.05, 0.1) is 48.2 Å². The minimum atomic E-state index is -3.88. The highest BCUT2D eigenvalue weighted by atomic mass is 32.2. The molecular formula is C39H43N7O6S. The number of amides is 2. The summed E-state index contributed by atoms with van der Waals surface area (Å²) < 4.78 is 37.1. The van der Waals surface area contributed by atoms with E-state index in [1.165, 1.54) is 36.7 Å². The van der Waals surface area contributed by atoms with Gasteiger partial charge in [-0.05, 0) is 98.7 Å². The second-order valence-corrected chi connectivity index (χ2v) is 16.2. The van der Waals surface area contributed by atoms with Gasteiger partial charge in [-0.1, -0.05) is 25.3 Å². The molecule has 2 aromatic carbocycles. The number of aliphatic hydroxyl groups is 1. The number of allylic oxidation sites excluding steroid dienone is 1. The molecule has 276 valence electrons. The number of methoxy groups -OCH3 is 1. The van der Waals surface area contributed by atoms with E-state index in [1.54, 1.807) is 44.6 Å². The summed E-state index contributed by atoms with van der Waals surface area (Å²) in [4.78, 5) is 36.2. The number of benzene rings is 2. The molecule has 53 heavy (non-hydrogen) atoms. The maximum absolute atomic E-state index is 13.8. The van der Waals surface area contributed by atoms with Gasteiger partial charge in [-0.15, -0.1) is 0 Å². The fraction of sp³-hybridized carbons (Fsp3) is 0.359. The molecule has 1 aliphatic carbocycles. The number of aliphatic hydroxyl groups excluding tert-OH is 1. The van der Waals surface area contributed by atoms with Crippen molar-refractivity contribution in [2.45, 2.75) is 76.7 Å². The molecule has 0 unspecified atom stereocenters. The highest BCUT2D eigenvalue weighted by molar-refractivity contribution is 7.90. The minimum absolute atomic E-state index is 0.0406. The molecule has 1 atom stereocenters. The molecule has 3 aromatic heterocycles. The van der Waals surface area contributed by atoms with E-state index >= 15 is 0 Å². The smallest absolute Gasteiger partial charge is 0.264 e. The number of hydrogen-bond donors (Lipinski definition) is 3. The molecule has 2 amide bonds. The molecule has 1 fully saturated rings. The Morgan fingerprint density at radius 3 is 2.45 bits per heavy atom. The molecule has 0 bridgehead atoms. The van der Waals surface area contributed by atoms with E-state index in [-0.39, 0.29) is 36.1 Å². The van der Waals surface area contributed by atoms with Gasteiger partial charge in [0.15, 0.2) is 0 Å². The third kappa shape index (κ3) is 6.96. The average molecular weight is 738 g/mol. The number of ether oxygens (including phenoxy) is 1. The predicted octanol–water partition coefficient (Wildman–Crippen LogP) is 5.47. The van der Waals surface area contributed by atoms with Crippen LogP contribution in [-0.4, -0.2) is 74.7 Å². The average Bonchev–Trinajstić information content (AvgIpc) is 3.69. The lowest BCUT2D eigenvalue weighted by molar-refractivity contribution is 0.0922. The third-order valence-corrected chi connectivity index (χ3v) is 11.7. The number of carbonyl (C=O) groups is 2.